The third kappa shape index (κ3) is 4.13. The molecule has 0 aliphatic rings. The number of nitrogens with zero attached hydrogens (tertiary/aromatic N) is 2. The number of hydrogen-bond donors (Lipinski definition) is 2. The summed E-state index contributed by atoms with van der Waals surface area (Å²) >= 11 is 0. The van der Waals surface area contributed by atoms with Gasteiger partial charge in [-0.1, -0.05) is 6.07 Å². The Kier molecular flexibility index (Phi) is 5.57. The lowest BCUT2D eigenvalue weighted by molar-refractivity contribution is 0.0939. The first-order chi connectivity index (χ1) is 11.4. The number of aromatic nitrogens is 2. The summed E-state index contributed by atoms with van der Waals surface area (Å²) in [7, 11) is 1.86. The second-order valence-electron chi connectivity index (χ2n) is 5.43. The summed E-state index contributed by atoms with van der Waals surface area (Å²) in [6.45, 7) is 5.87. The van der Waals surface area contributed by atoms with Crippen LogP contribution in [0.4, 0.5) is 10.5 Å². The van der Waals surface area contributed by atoms with E-state index in [0.717, 1.165) is 11.3 Å². The van der Waals surface area contributed by atoms with E-state index in [1.807, 2.05) is 20.9 Å². The Hall–Kier alpha value is -2.83. The Balaban J connectivity index is 2.07. The summed E-state index contributed by atoms with van der Waals surface area (Å²) in [5, 5.41) is 9.70. The number of benzene rings is 1. The standard InChI is InChI=1S/C17H22N4O3/c1-5-24-17(23)20-14-8-6-7-13(9-14)16(22)19-11(2)15-10-18-21(4)12(15)3/h6-11H,5H2,1-4H3,(H,19,22)(H,20,23). The maximum atomic E-state index is 12.4. The average molecular weight is 330 g/mol. The lowest BCUT2D eigenvalue weighted by Crippen LogP contribution is -2.27. The molecule has 0 spiro atoms. The van der Waals surface area contributed by atoms with Crippen LogP contribution in [0.25, 0.3) is 0 Å². The van der Waals surface area contributed by atoms with Crippen molar-refractivity contribution in [3.8, 4) is 0 Å². The van der Waals surface area contributed by atoms with Crippen molar-refractivity contribution < 1.29 is 14.3 Å². The third-order valence-corrected chi connectivity index (χ3v) is 3.73. The van der Waals surface area contributed by atoms with Crippen LogP contribution in [0.2, 0.25) is 0 Å². The highest BCUT2D eigenvalue weighted by Gasteiger charge is 2.16. The number of carbonyl (C=O) groups is 2. The number of amides is 2. The van der Waals surface area contributed by atoms with Crippen molar-refractivity contribution in [2.75, 3.05) is 11.9 Å². The summed E-state index contributed by atoms with van der Waals surface area (Å²) in [5.41, 5.74) is 2.93. The number of aryl methyl sites for hydroxylation is 1. The fraction of sp³-hybridized carbons (Fsp3) is 0.353. The highest BCUT2D eigenvalue weighted by molar-refractivity contribution is 5.96. The number of hydrogen-bond acceptors (Lipinski definition) is 4. The van der Waals surface area contributed by atoms with E-state index in [2.05, 4.69) is 15.7 Å². The monoisotopic (exact) mass is 330 g/mol. The van der Waals surface area contributed by atoms with E-state index in [1.54, 1.807) is 42.1 Å². The highest BCUT2D eigenvalue weighted by atomic mass is 16.5. The van der Waals surface area contributed by atoms with E-state index in [0.29, 0.717) is 11.3 Å². The van der Waals surface area contributed by atoms with Gasteiger partial charge in [-0.3, -0.25) is 14.8 Å². The maximum Gasteiger partial charge on any atom is 0.411 e. The fourth-order valence-electron chi connectivity index (χ4n) is 2.32. The number of ether oxygens (including phenoxy) is 1. The van der Waals surface area contributed by atoms with E-state index in [9.17, 15) is 9.59 Å². The third-order valence-electron chi connectivity index (χ3n) is 3.73. The van der Waals surface area contributed by atoms with E-state index in [4.69, 9.17) is 4.74 Å². The molecule has 128 valence electrons. The van der Waals surface area contributed by atoms with Crippen LogP contribution >= 0.6 is 0 Å². The molecule has 7 heteroatoms. The smallest absolute Gasteiger partial charge is 0.411 e. The predicted molar refractivity (Wildman–Crippen MR) is 90.9 cm³/mol. The summed E-state index contributed by atoms with van der Waals surface area (Å²) in [6, 6.07) is 6.52. The zero-order valence-corrected chi connectivity index (χ0v) is 14.3. The van der Waals surface area contributed by atoms with Crippen molar-refractivity contribution in [1.82, 2.24) is 15.1 Å². The van der Waals surface area contributed by atoms with E-state index in [-0.39, 0.29) is 18.6 Å². The molecule has 2 N–H and O–H groups in total. The Morgan fingerprint density at radius 2 is 2.12 bits per heavy atom. The molecule has 2 rings (SSSR count). The van der Waals surface area contributed by atoms with Crippen LogP contribution in [0.3, 0.4) is 0 Å². The summed E-state index contributed by atoms with van der Waals surface area (Å²) in [4.78, 5) is 23.9. The van der Waals surface area contributed by atoms with Crippen molar-refractivity contribution in [2.24, 2.45) is 7.05 Å². The zero-order valence-electron chi connectivity index (χ0n) is 14.3. The van der Waals surface area contributed by atoms with E-state index < -0.39 is 6.09 Å². The van der Waals surface area contributed by atoms with Gasteiger partial charge in [0.2, 0.25) is 0 Å². The van der Waals surface area contributed by atoms with Crippen molar-refractivity contribution in [3.63, 3.8) is 0 Å². The Bertz CT molecular complexity index is 739. The number of rotatable bonds is 5. The van der Waals surface area contributed by atoms with Crippen LogP contribution in [-0.2, 0) is 11.8 Å². The molecule has 2 amide bonds. The number of carbonyl (C=O) groups excluding carboxylic acids is 2. The van der Waals surface area contributed by atoms with Crippen molar-refractivity contribution >= 4 is 17.7 Å². The average Bonchev–Trinajstić information content (AvgIpc) is 2.87. The van der Waals surface area contributed by atoms with Gasteiger partial charge in [-0.15, -0.1) is 0 Å². The molecule has 0 fully saturated rings. The van der Waals surface area contributed by atoms with Crippen molar-refractivity contribution in [1.29, 1.82) is 0 Å². The minimum Gasteiger partial charge on any atom is -0.450 e. The Morgan fingerprint density at radius 1 is 1.38 bits per heavy atom. The molecule has 0 aliphatic carbocycles. The molecule has 0 aliphatic heterocycles. The molecule has 1 aromatic heterocycles. The quantitative estimate of drug-likeness (QED) is 0.883. The van der Waals surface area contributed by atoms with E-state index >= 15 is 0 Å². The van der Waals surface area contributed by atoms with Gasteiger partial charge in [0.05, 0.1) is 18.8 Å². The number of anilines is 1. The van der Waals surface area contributed by atoms with Gasteiger partial charge in [0.15, 0.2) is 0 Å². The highest BCUT2D eigenvalue weighted by Crippen LogP contribution is 2.17. The lowest BCUT2D eigenvalue weighted by atomic mass is 10.1. The molecular formula is C17H22N4O3. The zero-order chi connectivity index (χ0) is 17.7. The van der Waals surface area contributed by atoms with Gasteiger partial charge in [-0.05, 0) is 39.0 Å². The normalized spacial score (nSPS) is 11.7. The summed E-state index contributed by atoms with van der Waals surface area (Å²) in [6.07, 6.45) is 1.20. The van der Waals surface area contributed by atoms with Crippen LogP contribution in [0, 0.1) is 6.92 Å². The van der Waals surface area contributed by atoms with Crippen LogP contribution in [0.1, 0.15) is 41.5 Å². The van der Waals surface area contributed by atoms with Crippen molar-refractivity contribution in [3.05, 3.63) is 47.3 Å². The molecule has 2 aromatic rings. The van der Waals surface area contributed by atoms with Crippen LogP contribution in [-0.4, -0.2) is 28.4 Å². The van der Waals surface area contributed by atoms with Gasteiger partial charge < -0.3 is 10.1 Å². The molecule has 7 nitrogen and oxygen atoms in total. The van der Waals surface area contributed by atoms with Gasteiger partial charge in [0.1, 0.15) is 0 Å². The lowest BCUT2D eigenvalue weighted by Gasteiger charge is -2.14. The largest absolute Gasteiger partial charge is 0.450 e. The second-order valence-corrected chi connectivity index (χ2v) is 5.43. The topological polar surface area (TPSA) is 85.2 Å². The molecule has 24 heavy (non-hydrogen) atoms. The van der Waals surface area contributed by atoms with E-state index in [1.165, 1.54) is 0 Å². The maximum absolute atomic E-state index is 12.4. The molecule has 0 bridgehead atoms. The molecule has 0 saturated carbocycles. The van der Waals surface area contributed by atoms with Crippen molar-refractivity contribution in [2.45, 2.75) is 26.8 Å². The first-order valence-corrected chi connectivity index (χ1v) is 7.75. The Labute approximate surface area is 141 Å². The van der Waals surface area contributed by atoms with Gasteiger partial charge in [-0.2, -0.15) is 5.10 Å². The first kappa shape index (κ1) is 17.5. The molecule has 1 atom stereocenters. The summed E-state index contributed by atoms with van der Waals surface area (Å²) in [5.74, 6) is -0.224. The first-order valence-electron chi connectivity index (χ1n) is 7.75. The fourth-order valence-corrected chi connectivity index (χ4v) is 2.32. The minimum atomic E-state index is -0.547. The minimum absolute atomic E-state index is 0.173. The van der Waals surface area contributed by atoms with Crippen LogP contribution < -0.4 is 10.6 Å². The van der Waals surface area contributed by atoms with Crippen LogP contribution in [0.5, 0.6) is 0 Å². The van der Waals surface area contributed by atoms with Gasteiger partial charge >= 0.3 is 6.09 Å². The van der Waals surface area contributed by atoms with Gasteiger partial charge in [-0.25, -0.2) is 4.79 Å². The molecule has 1 heterocycles. The molecule has 1 aromatic carbocycles. The molecule has 0 radical (unpaired) electrons. The SMILES string of the molecule is CCOC(=O)Nc1cccc(C(=O)NC(C)c2cnn(C)c2C)c1. The molecule has 1 unspecified atom stereocenters. The number of nitrogens with one attached hydrogen (secondary N) is 2. The van der Waals surface area contributed by atoms with Gasteiger partial charge in [0.25, 0.3) is 5.91 Å². The molecule has 0 saturated heterocycles. The van der Waals surface area contributed by atoms with Crippen LogP contribution in [0.15, 0.2) is 30.5 Å². The molecular weight excluding hydrogens is 308 g/mol. The predicted octanol–water partition coefficient (Wildman–Crippen LogP) is 2.79. The Morgan fingerprint density at radius 3 is 2.75 bits per heavy atom. The second kappa shape index (κ2) is 7.63. The van der Waals surface area contributed by atoms with Gasteiger partial charge in [0, 0.05) is 29.6 Å². The summed E-state index contributed by atoms with van der Waals surface area (Å²) < 4.78 is 6.59.